The van der Waals surface area contributed by atoms with E-state index < -0.39 is 35.9 Å². The number of rotatable bonds is 3. The molecule has 1 atom stereocenters. The summed E-state index contributed by atoms with van der Waals surface area (Å²) in [5, 5.41) is 32.0. The van der Waals surface area contributed by atoms with Crippen molar-refractivity contribution < 1.29 is 28.5 Å². The molecule has 1 fully saturated rings. The first-order valence-electron chi connectivity index (χ1n) is 6.54. The highest BCUT2D eigenvalue weighted by atomic mass is 35.5. The first-order valence-corrected chi connectivity index (χ1v) is 6.54. The van der Waals surface area contributed by atoms with E-state index in [-0.39, 0.29) is 18.0 Å². The van der Waals surface area contributed by atoms with Crippen molar-refractivity contribution in [3.63, 3.8) is 0 Å². The molecule has 1 aromatic carbocycles. The van der Waals surface area contributed by atoms with Gasteiger partial charge in [-0.15, -0.1) is 12.4 Å². The Labute approximate surface area is 131 Å². The van der Waals surface area contributed by atoms with Gasteiger partial charge in [0.05, 0.1) is 18.0 Å². The second-order valence-electron chi connectivity index (χ2n) is 5.02. The van der Waals surface area contributed by atoms with Crippen LogP contribution >= 0.6 is 12.4 Å². The van der Waals surface area contributed by atoms with Gasteiger partial charge in [0, 0.05) is 38.3 Å². The number of hydrogen-bond acceptors (Lipinski definition) is 5. The van der Waals surface area contributed by atoms with Crippen molar-refractivity contribution in [2.75, 3.05) is 26.2 Å². The summed E-state index contributed by atoms with van der Waals surface area (Å²) in [5.41, 5.74) is -0.202. The molecule has 2 rings (SSSR count). The SMILES string of the molecule is Cl.Oc1cc(O)c([C@H](CC(F)(F)F)N2CCNCC2)c(O)c1. The van der Waals surface area contributed by atoms with Crippen molar-refractivity contribution in [3.8, 4) is 17.2 Å². The molecule has 0 bridgehead atoms. The number of aromatic hydroxyl groups is 3. The molecule has 1 aromatic rings. The molecule has 1 heterocycles. The van der Waals surface area contributed by atoms with Crippen molar-refractivity contribution in [2.24, 2.45) is 0 Å². The molecule has 0 amide bonds. The molecule has 0 spiro atoms. The van der Waals surface area contributed by atoms with Crippen molar-refractivity contribution >= 4 is 12.4 Å². The number of phenols is 3. The number of benzene rings is 1. The van der Waals surface area contributed by atoms with Crippen LogP contribution in [0.5, 0.6) is 17.2 Å². The first-order chi connectivity index (χ1) is 9.78. The lowest BCUT2D eigenvalue weighted by molar-refractivity contribution is -0.148. The lowest BCUT2D eigenvalue weighted by Gasteiger charge is -2.36. The predicted octanol–water partition coefficient (Wildman–Crippen LogP) is 2.12. The number of alkyl halides is 3. The molecule has 1 aliphatic heterocycles. The molecule has 1 aliphatic rings. The zero-order chi connectivity index (χ0) is 15.6. The first kappa shape index (κ1) is 18.7. The lowest BCUT2D eigenvalue weighted by Crippen LogP contribution is -2.46. The summed E-state index contributed by atoms with van der Waals surface area (Å²) in [5.74, 6) is -1.49. The summed E-state index contributed by atoms with van der Waals surface area (Å²) in [6, 6.07) is 0.675. The van der Waals surface area contributed by atoms with Crippen LogP contribution in [0.25, 0.3) is 0 Å². The van der Waals surface area contributed by atoms with Crippen LogP contribution in [0.1, 0.15) is 18.0 Å². The Hall–Kier alpha value is -1.38. The summed E-state index contributed by atoms with van der Waals surface area (Å²) in [6.45, 7) is 1.82. The van der Waals surface area contributed by atoms with Crippen LogP contribution in [-0.2, 0) is 0 Å². The number of phenolic OH excluding ortho intramolecular Hbond substituents is 3. The van der Waals surface area contributed by atoms with Gasteiger partial charge in [-0.1, -0.05) is 0 Å². The normalized spacial score (nSPS) is 17.8. The predicted molar refractivity (Wildman–Crippen MR) is 76.5 cm³/mol. The van der Waals surface area contributed by atoms with E-state index in [2.05, 4.69) is 5.32 Å². The Morgan fingerprint density at radius 1 is 1.09 bits per heavy atom. The summed E-state index contributed by atoms with van der Waals surface area (Å²) in [4.78, 5) is 1.57. The Morgan fingerprint density at radius 2 is 1.59 bits per heavy atom. The number of nitrogens with zero attached hydrogens (tertiary/aromatic N) is 1. The summed E-state index contributed by atoms with van der Waals surface area (Å²) < 4.78 is 38.5. The largest absolute Gasteiger partial charge is 0.508 e. The van der Waals surface area contributed by atoms with Gasteiger partial charge in [-0.05, 0) is 0 Å². The number of nitrogens with one attached hydrogen (secondary N) is 1. The van der Waals surface area contributed by atoms with Gasteiger partial charge in [-0.25, -0.2) is 0 Å². The Balaban J connectivity index is 0.00000242. The maximum atomic E-state index is 12.8. The monoisotopic (exact) mass is 342 g/mol. The average Bonchev–Trinajstić information content (AvgIpc) is 2.36. The van der Waals surface area contributed by atoms with E-state index in [0.29, 0.717) is 26.2 Å². The maximum absolute atomic E-state index is 12.8. The number of hydrogen-bond donors (Lipinski definition) is 4. The van der Waals surface area contributed by atoms with Crippen LogP contribution in [-0.4, -0.2) is 52.6 Å². The highest BCUT2D eigenvalue weighted by Gasteiger charge is 2.38. The van der Waals surface area contributed by atoms with Crippen molar-refractivity contribution in [2.45, 2.75) is 18.6 Å². The van der Waals surface area contributed by atoms with E-state index >= 15 is 0 Å². The number of halogens is 4. The van der Waals surface area contributed by atoms with Gasteiger partial charge in [-0.2, -0.15) is 13.2 Å². The topological polar surface area (TPSA) is 76.0 Å². The average molecular weight is 343 g/mol. The summed E-state index contributed by atoms with van der Waals surface area (Å²) >= 11 is 0. The van der Waals surface area contributed by atoms with Gasteiger partial charge >= 0.3 is 6.18 Å². The third-order valence-corrected chi connectivity index (χ3v) is 3.47. The van der Waals surface area contributed by atoms with Crippen LogP contribution in [0.3, 0.4) is 0 Å². The molecule has 0 saturated carbocycles. The minimum Gasteiger partial charge on any atom is -0.508 e. The third kappa shape index (κ3) is 4.56. The van der Waals surface area contributed by atoms with E-state index in [1.165, 1.54) is 0 Å². The van der Waals surface area contributed by atoms with Crippen LogP contribution in [0.4, 0.5) is 13.2 Å². The Kier molecular flexibility index (Phi) is 6.16. The Morgan fingerprint density at radius 3 is 2.05 bits per heavy atom. The highest BCUT2D eigenvalue weighted by molar-refractivity contribution is 5.85. The minimum atomic E-state index is -4.44. The molecule has 0 aromatic heterocycles. The molecule has 22 heavy (non-hydrogen) atoms. The van der Waals surface area contributed by atoms with Crippen LogP contribution in [0.15, 0.2) is 12.1 Å². The van der Waals surface area contributed by atoms with E-state index in [0.717, 1.165) is 12.1 Å². The minimum absolute atomic E-state index is 0. The van der Waals surface area contributed by atoms with Crippen molar-refractivity contribution in [1.29, 1.82) is 0 Å². The molecule has 0 unspecified atom stereocenters. The van der Waals surface area contributed by atoms with Gasteiger partial charge in [0.2, 0.25) is 0 Å². The zero-order valence-corrected chi connectivity index (χ0v) is 12.4. The van der Waals surface area contributed by atoms with Gasteiger partial charge in [-0.3, -0.25) is 4.90 Å². The molecule has 1 saturated heterocycles. The molecule has 5 nitrogen and oxygen atoms in total. The van der Waals surface area contributed by atoms with Gasteiger partial charge in [0.1, 0.15) is 17.2 Å². The fourth-order valence-electron chi connectivity index (χ4n) is 2.58. The molecule has 0 aliphatic carbocycles. The lowest BCUT2D eigenvalue weighted by atomic mass is 9.98. The van der Waals surface area contributed by atoms with E-state index in [1.807, 2.05) is 0 Å². The third-order valence-electron chi connectivity index (χ3n) is 3.47. The van der Waals surface area contributed by atoms with Gasteiger partial charge in [0.25, 0.3) is 0 Å². The van der Waals surface area contributed by atoms with Crippen molar-refractivity contribution in [1.82, 2.24) is 10.2 Å². The second kappa shape index (κ2) is 7.26. The summed E-state index contributed by atoms with van der Waals surface area (Å²) in [6.07, 6.45) is -5.62. The van der Waals surface area contributed by atoms with E-state index in [9.17, 15) is 28.5 Å². The zero-order valence-electron chi connectivity index (χ0n) is 11.6. The fourth-order valence-corrected chi connectivity index (χ4v) is 2.58. The van der Waals surface area contributed by atoms with E-state index in [4.69, 9.17) is 0 Å². The van der Waals surface area contributed by atoms with Gasteiger partial charge in [0.15, 0.2) is 0 Å². The molecule has 9 heteroatoms. The fraction of sp³-hybridized carbons (Fsp3) is 0.538. The van der Waals surface area contributed by atoms with E-state index in [1.54, 1.807) is 4.90 Å². The van der Waals surface area contributed by atoms with Crippen molar-refractivity contribution in [3.05, 3.63) is 17.7 Å². The molecular formula is C13H18ClF3N2O3. The quantitative estimate of drug-likeness (QED) is 0.677. The smallest absolute Gasteiger partial charge is 0.390 e. The van der Waals surface area contributed by atoms with Crippen LogP contribution < -0.4 is 5.32 Å². The Bertz CT molecular complexity index is 485. The summed E-state index contributed by atoms with van der Waals surface area (Å²) in [7, 11) is 0. The van der Waals surface area contributed by atoms with Gasteiger partial charge < -0.3 is 20.6 Å². The molecule has 4 N–H and O–H groups in total. The molecular weight excluding hydrogens is 325 g/mol. The molecule has 126 valence electrons. The highest BCUT2D eigenvalue weighted by Crippen LogP contribution is 2.43. The number of piperazine rings is 1. The van der Waals surface area contributed by atoms with Crippen LogP contribution in [0, 0.1) is 0 Å². The maximum Gasteiger partial charge on any atom is 0.390 e. The molecule has 0 radical (unpaired) electrons. The second-order valence-corrected chi connectivity index (χ2v) is 5.02. The van der Waals surface area contributed by atoms with Crippen LogP contribution in [0.2, 0.25) is 0 Å². The standard InChI is InChI=1S/C13H17F3N2O3.ClH/c14-13(15,16)7-9(18-3-1-17-2-4-18)12-10(20)5-8(19)6-11(12)21;/h5-6,9,17,19-21H,1-4,7H2;1H/t9-;/m0./s1.